The molecule has 0 aromatic heterocycles. The van der Waals surface area contributed by atoms with E-state index in [-0.39, 0.29) is 18.3 Å². The van der Waals surface area contributed by atoms with Crippen LogP contribution in [-0.4, -0.2) is 57.8 Å². The van der Waals surface area contributed by atoms with Crippen LogP contribution in [0.25, 0.3) is 21.2 Å². The Kier molecular flexibility index (Phi) is 9.64. The van der Waals surface area contributed by atoms with Gasteiger partial charge in [-0.2, -0.15) is 0 Å². The zero-order valence-electron chi connectivity index (χ0n) is 25.0. The van der Waals surface area contributed by atoms with Gasteiger partial charge in [0.2, 0.25) is 0 Å². The van der Waals surface area contributed by atoms with E-state index < -0.39 is 39.0 Å². The number of aliphatic hydroxyl groups excluding tert-OH is 1. The van der Waals surface area contributed by atoms with Crippen molar-refractivity contribution in [2.45, 2.75) is 63.1 Å². The van der Waals surface area contributed by atoms with E-state index in [4.69, 9.17) is 18.6 Å². The number of rotatable bonds is 10. The maximum absolute atomic E-state index is 11.4. The summed E-state index contributed by atoms with van der Waals surface area (Å²) < 4.78 is 25.5. The highest BCUT2D eigenvalue weighted by molar-refractivity contribution is 6.99. The lowest BCUT2D eigenvalue weighted by Crippen LogP contribution is -2.68. The number of hydrogen-bond acceptors (Lipinski definition) is 6. The molecule has 224 valence electrons. The van der Waals surface area contributed by atoms with Crippen molar-refractivity contribution < 1.29 is 23.7 Å². The number of benzene rings is 4. The average molecular weight is 598 g/mol. The van der Waals surface area contributed by atoms with Crippen LogP contribution in [0.2, 0.25) is 5.04 Å². The Hall–Kier alpha value is -3.53. The van der Waals surface area contributed by atoms with Crippen LogP contribution in [-0.2, 0) is 25.2 Å². The molecule has 2 unspecified atom stereocenters. The largest absolute Gasteiger partial charge is 0.405 e. The smallest absolute Gasteiger partial charge is 0.261 e. The number of aliphatic hydroxyl groups is 1. The Balaban J connectivity index is 1.44. The third-order valence-corrected chi connectivity index (χ3v) is 13.2. The second kappa shape index (κ2) is 13.4. The molecule has 1 aliphatic rings. The lowest BCUT2D eigenvalue weighted by molar-refractivity contribution is -0.272. The maximum atomic E-state index is 11.4. The third-order valence-electron chi connectivity index (χ3n) is 8.21. The average Bonchev–Trinajstić information content (AvgIpc) is 3.02. The monoisotopic (exact) mass is 597 g/mol. The van der Waals surface area contributed by atoms with Crippen molar-refractivity contribution in [1.82, 2.24) is 0 Å². The fourth-order valence-electron chi connectivity index (χ4n) is 6.13. The van der Waals surface area contributed by atoms with Crippen LogP contribution in [0.15, 0.2) is 108 Å². The molecule has 4 aromatic rings. The predicted molar refractivity (Wildman–Crippen MR) is 171 cm³/mol. The molecule has 0 aliphatic carbocycles. The molecule has 1 aliphatic heterocycles. The van der Waals surface area contributed by atoms with E-state index in [0.29, 0.717) is 0 Å². The molecule has 1 heterocycles. The van der Waals surface area contributed by atoms with Gasteiger partial charge in [0.05, 0.1) is 19.3 Å². The minimum absolute atomic E-state index is 0.141. The maximum Gasteiger partial charge on any atom is 0.261 e. The standard InChI is InChI=1S/C34H39N3O5Si/c1-34(2,3)43(27-15-7-5-8-16-27,28-17-9-6-10-18-28)41-23-29-32(39-4)31(38)30(36-37-35)33(42-29)40-22-24-19-20-25-13-11-12-14-26(25)21-24/h5-21,29-33,38H,22-23H2,1-4H3/t29?,30?,31-,32-,33-/m1/s1. The normalized spacial score (nSPS) is 22.7. The Labute approximate surface area is 253 Å². The fraction of sp³-hybridized carbons (Fsp3) is 0.353. The molecule has 9 heteroatoms. The highest BCUT2D eigenvalue weighted by Crippen LogP contribution is 2.38. The molecule has 1 saturated heterocycles. The molecule has 4 aromatic carbocycles. The van der Waals surface area contributed by atoms with E-state index >= 15 is 0 Å². The molecule has 5 rings (SSSR count). The van der Waals surface area contributed by atoms with Crippen LogP contribution in [0.5, 0.6) is 0 Å². The number of nitrogens with zero attached hydrogens (tertiary/aromatic N) is 3. The van der Waals surface area contributed by atoms with Crippen molar-refractivity contribution in [2.24, 2.45) is 5.11 Å². The number of ether oxygens (including phenoxy) is 3. The van der Waals surface area contributed by atoms with E-state index in [1.807, 2.05) is 66.7 Å². The molecular formula is C34H39N3O5Si. The minimum Gasteiger partial charge on any atom is -0.405 e. The topological polar surface area (TPSA) is 106 Å². The van der Waals surface area contributed by atoms with Gasteiger partial charge in [-0.3, -0.25) is 0 Å². The van der Waals surface area contributed by atoms with Gasteiger partial charge in [-0.25, -0.2) is 0 Å². The van der Waals surface area contributed by atoms with Crippen LogP contribution < -0.4 is 10.4 Å². The molecule has 0 radical (unpaired) electrons. The summed E-state index contributed by atoms with van der Waals surface area (Å²) in [7, 11) is -1.38. The molecule has 8 nitrogen and oxygen atoms in total. The van der Waals surface area contributed by atoms with Crippen LogP contribution in [0.4, 0.5) is 0 Å². The third kappa shape index (κ3) is 6.39. The lowest BCUT2D eigenvalue weighted by Gasteiger charge is -2.46. The number of fused-ring (bicyclic) bond motifs is 1. The number of methoxy groups -OCH3 is 1. The summed E-state index contributed by atoms with van der Waals surface area (Å²) in [5.41, 5.74) is 10.2. The highest BCUT2D eigenvalue weighted by Gasteiger charge is 2.52. The molecule has 0 spiro atoms. The first kappa shape index (κ1) is 30.9. The number of hydrogen-bond donors (Lipinski definition) is 1. The van der Waals surface area contributed by atoms with E-state index in [0.717, 1.165) is 26.7 Å². The summed E-state index contributed by atoms with van der Waals surface area (Å²) in [6.45, 7) is 6.96. The summed E-state index contributed by atoms with van der Waals surface area (Å²) in [6.07, 6.45) is -3.65. The Morgan fingerprint density at radius 3 is 2.07 bits per heavy atom. The van der Waals surface area contributed by atoms with Crippen LogP contribution in [0.1, 0.15) is 26.3 Å². The van der Waals surface area contributed by atoms with Gasteiger partial charge >= 0.3 is 0 Å². The summed E-state index contributed by atoms with van der Waals surface area (Å²) >= 11 is 0. The van der Waals surface area contributed by atoms with E-state index in [9.17, 15) is 10.6 Å². The molecule has 5 atom stereocenters. The Bertz CT molecular complexity index is 1500. The van der Waals surface area contributed by atoms with Crippen molar-refractivity contribution in [2.75, 3.05) is 13.7 Å². The molecule has 1 fully saturated rings. The van der Waals surface area contributed by atoms with E-state index in [1.165, 1.54) is 7.11 Å². The van der Waals surface area contributed by atoms with E-state index in [1.54, 1.807) is 0 Å². The van der Waals surface area contributed by atoms with Gasteiger partial charge in [-0.15, -0.1) is 0 Å². The fourth-order valence-corrected chi connectivity index (χ4v) is 10.7. The van der Waals surface area contributed by atoms with Gasteiger partial charge in [0.15, 0.2) is 6.29 Å². The summed E-state index contributed by atoms with van der Waals surface area (Å²) in [4.78, 5) is 2.97. The summed E-state index contributed by atoms with van der Waals surface area (Å²) in [6, 6.07) is 33.8. The quantitative estimate of drug-likeness (QED) is 0.109. The SMILES string of the molecule is CO[C@@H]1C(CO[Si](c2ccccc2)(c2ccccc2)C(C)(C)C)O[C@@H](OCc2ccc3ccccc3c2)C(N=[N+]=[N-])[C@H]1O. The predicted octanol–water partition coefficient (Wildman–Crippen LogP) is 5.71. The first-order valence-electron chi connectivity index (χ1n) is 14.5. The van der Waals surface area contributed by atoms with Crippen molar-refractivity contribution in [1.29, 1.82) is 0 Å². The molecule has 0 bridgehead atoms. The zero-order chi connectivity index (χ0) is 30.5. The van der Waals surface area contributed by atoms with Gasteiger partial charge in [0, 0.05) is 12.0 Å². The first-order chi connectivity index (χ1) is 20.8. The van der Waals surface area contributed by atoms with Crippen molar-refractivity contribution in [3.05, 3.63) is 119 Å². The first-order valence-corrected chi connectivity index (χ1v) is 16.4. The molecule has 0 amide bonds. The van der Waals surface area contributed by atoms with Crippen LogP contribution in [0, 0.1) is 0 Å². The summed E-state index contributed by atoms with van der Waals surface area (Å²) in [5, 5.41) is 19.5. The zero-order valence-corrected chi connectivity index (χ0v) is 26.0. The van der Waals surface area contributed by atoms with Crippen LogP contribution >= 0.6 is 0 Å². The summed E-state index contributed by atoms with van der Waals surface area (Å²) in [5.74, 6) is 0. The lowest BCUT2D eigenvalue weighted by atomic mass is 9.97. The van der Waals surface area contributed by atoms with Crippen molar-refractivity contribution in [3.63, 3.8) is 0 Å². The second-order valence-corrected chi connectivity index (χ2v) is 16.2. The molecule has 0 saturated carbocycles. The molecule has 1 N–H and O–H groups in total. The Morgan fingerprint density at radius 2 is 1.49 bits per heavy atom. The Morgan fingerprint density at radius 1 is 0.884 bits per heavy atom. The van der Waals surface area contributed by atoms with Crippen molar-refractivity contribution >= 4 is 29.5 Å². The van der Waals surface area contributed by atoms with Crippen molar-refractivity contribution in [3.8, 4) is 0 Å². The van der Waals surface area contributed by atoms with Gasteiger partial charge in [0.25, 0.3) is 8.32 Å². The van der Waals surface area contributed by atoms with Gasteiger partial charge < -0.3 is 23.7 Å². The van der Waals surface area contributed by atoms with Gasteiger partial charge in [0.1, 0.15) is 18.2 Å². The second-order valence-electron chi connectivity index (χ2n) is 11.9. The van der Waals surface area contributed by atoms with Gasteiger partial charge in [-0.1, -0.05) is 123 Å². The van der Waals surface area contributed by atoms with E-state index in [2.05, 4.69) is 67.2 Å². The molecule has 43 heavy (non-hydrogen) atoms. The van der Waals surface area contributed by atoms with Crippen LogP contribution in [0.3, 0.4) is 0 Å². The highest BCUT2D eigenvalue weighted by atomic mass is 28.4. The van der Waals surface area contributed by atoms with Gasteiger partial charge in [-0.05, 0) is 43.3 Å². The number of azide groups is 1. The minimum atomic E-state index is -2.89. The molecular weight excluding hydrogens is 558 g/mol.